The van der Waals surface area contributed by atoms with Gasteiger partial charge in [-0.1, -0.05) is 18.2 Å². The van der Waals surface area contributed by atoms with Gasteiger partial charge in [0.2, 0.25) is 5.88 Å². The number of pyridine rings is 1. The van der Waals surface area contributed by atoms with E-state index in [1.54, 1.807) is 49.7 Å². The van der Waals surface area contributed by atoms with E-state index >= 15 is 0 Å². The van der Waals surface area contributed by atoms with Crippen LogP contribution in [0.3, 0.4) is 0 Å². The van der Waals surface area contributed by atoms with Crippen LogP contribution in [0.4, 0.5) is 5.69 Å². The van der Waals surface area contributed by atoms with Crippen LogP contribution in [0.25, 0.3) is 11.0 Å². The number of nitrogens with one attached hydrogen (secondary N) is 1. The molecular weight excluding hydrogens is 356 g/mol. The fraction of sp³-hybridized carbons (Fsp3) is 0.0909. The Morgan fingerprint density at radius 2 is 1.75 bits per heavy atom. The molecule has 0 spiro atoms. The summed E-state index contributed by atoms with van der Waals surface area (Å²) in [5.74, 6) is 1.49. The van der Waals surface area contributed by atoms with E-state index in [1.165, 1.54) is 0 Å². The maximum Gasteiger partial charge on any atom is 0.291 e. The summed E-state index contributed by atoms with van der Waals surface area (Å²) in [5.41, 5.74) is 1.91. The lowest BCUT2D eigenvalue weighted by molar-refractivity contribution is 0.0997. The molecule has 0 fully saturated rings. The Hall–Kier alpha value is -3.80. The van der Waals surface area contributed by atoms with Gasteiger partial charge in [-0.2, -0.15) is 0 Å². The summed E-state index contributed by atoms with van der Waals surface area (Å²) < 4.78 is 16.7. The van der Waals surface area contributed by atoms with Gasteiger partial charge in [-0.25, -0.2) is 4.98 Å². The van der Waals surface area contributed by atoms with Crippen molar-refractivity contribution in [2.75, 3.05) is 12.4 Å². The second kappa shape index (κ2) is 7.44. The monoisotopic (exact) mass is 374 g/mol. The minimum absolute atomic E-state index is 0.264. The van der Waals surface area contributed by atoms with E-state index < -0.39 is 0 Å². The van der Waals surface area contributed by atoms with E-state index in [2.05, 4.69) is 10.3 Å². The van der Waals surface area contributed by atoms with Gasteiger partial charge in [-0.05, 0) is 49.4 Å². The lowest BCUT2D eigenvalue weighted by Gasteiger charge is -2.11. The summed E-state index contributed by atoms with van der Waals surface area (Å²) in [5, 5.41) is 3.74. The molecule has 4 aromatic rings. The molecule has 6 heteroatoms. The third kappa shape index (κ3) is 3.40. The Balaban J connectivity index is 1.59. The molecule has 0 aliphatic heterocycles. The van der Waals surface area contributed by atoms with Gasteiger partial charge in [-0.3, -0.25) is 4.79 Å². The summed E-state index contributed by atoms with van der Waals surface area (Å²) in [6, 6.07) is 18.1. The molecule has 0 aliphatic carbocycles. The first-order valence-corrected chi connectivity index (χ1v) is 8.72. The number of hydrogen-bond donors (Lipinski definition) is 1. The van der Waals surface area contributed by atoms with Crippen molar-refractivity contribution in [2.45, 2.75) is 6.92 Å². The summed E-state index contributed by atoms with van der Waals surface area (Å²) in [7, 11) is 1.60. The van der Waals surface area contributed by atoms with E-state index in [4.69, 9.17) is 13.9 Å². The normalized spacial score (nSPS) is 10.6. The number of anilines is 1. The minimum atomic E-state index is -0.360. The first-order valence-electron chi connectivity index (χ1n) is 8.72. The molecule has 0 bridgehead atoms. The van der Waals surface area contributed by atoms with Crippen LogP contribution in [0.5, 0.6) is 17.4 Å². The SMILES string of the molecule is COc1ccc(Oc2ncccc2NC(=O)c2oc3ccccc3c2C)cc1. The van der Waals surface area contributed by atoms with Crippen LogP contribution in [-0.4, -0.2) is 18.0 Å². The Labute approximate surface area is 161 Å². The third-order valence-corrected chi connectivity index (χ3v) is 4.34. The predicted octanol–water partition coefficient (Wildman–Crippen LogP) is 5.19. The molecule has 0 aliphatic rings. The van der Waals surface area contributed by atoms with Crippen molar-refractivity contribution >= 4 is 22.6 Å². The quantitative estimate of drug-likeness (QED) is 0.520. The second-order valence-corrected chi connectivity index (χ2v) is 6.14. The van der Waals surface area contributed by atoms with E-state index in [1.807, 2.05) is 31.2 Å². The van der Waals surface area contributed by atoms with Gasteiger partial charge in [0.05, 0.1) is 7.11 Å². The second-order valence-electron chi connectivity index (χ2n) is 6.14. The van der Waals surface area contributed by atoms with Crippen molar-refractivity contribution in [3.63, 3.8) is 0 Å². The number of benzene rings is 2. The van der Waals surface area contributed by atoms with Crippen molar-refractivity contribution in [2.24, 2.45) is 0 Å². The highest BCUT2D eigenvalue weighted by atomic mass is 16.5. The molecule has 4 rings (SSSR count). The number of methoxy groups -OCH3 is 1. The molecule has 1 amide bonds. The molecule has 1 N–H and O–H groups in total. The van der Waals surface area contributed by atoms with E-state index in [0.717, 1.165) is 16.7 Å². The Morgan fingerprint density at radius 1 is 1.00 bits per heavy atom. The molecule has 6 nitrogen and oxygen atoms in total. The standard InChI is InChI=1S/C22H18N2O4/c1-14-17-6-3-4-8-19(17)28-20(14)21(25)24-18-7-5-13-23-22(18)27-16-11-9-15(26-2)10-12-16/h3-13H,1-2H3,(H,24,25). The minimum Gasteiger partial charge on any atom is -0.497 e. The number of nitrogens with zero attached hydrogens (tertiary/aromatic N) is 1. The first-order chi connectivity index (χ1) is 13.7. The van der Waals surface area contributed by atoms with Crippen molar-refractivity contribution in [1.82, 2.24) is 4.98 Å². The van der Waals surface area contributed by atoms with Crippen molar-refractivity contribution in [3.8, 4) is 17.4 Å². The number of amides is 1. The molecule has 0 saturated heterocycles. The zero-order valence-electron chi connectivity index (χ0n) is 15.4. The Kier molecular flexibility index (Phi) is 4.68. The lowest BCUT2D eigenvalue weighted by atomic mass is 10.1. The van der Waals surface area contributed by atoms with Gasteiger partial charge in [-0.15, -0.1) is 0 Å². The van der Waals surface area contributed by atoms with Gasteiger partial charge in [0.25, 0.3) is 5.91 Å². The van der Waals surface area contributed by atoms with Crippen molar-refractivity contribution in [1.29, 1.82) is 0 Å². The van der Waals surface area contributed by atoms with E-state index in [9.17, 15) is 4.79 Å². The Bertz CT molecular complexity index is 1130. The van der Waals surface area contributed by atoms with Gasteiger partial charge in [0.15, 0.2) is 5.76 Å². The number of aromatic nitrogens is 1. The average Bonchev–Trinajstić information content (AvgIpc) is 3.07. The largest absolute Gasteiger partial charge is 0.497 e. The van der Waals surface area contributed by atoms with Crippen LogP contribution < -0.4 is 14.8 Å². The average molecular weight is 374 g/mol. The summed E-state index contributed by atoms with van der Waals surface area (Å²) in [6.07, 6.45) is 1.60. The van der Waals surface area contributed by atoms with Gasteiger partial charge in [0, 0.05) is 17.1 Å². The van der Waals surface area contributed by atoms with Crippen LogP contribution >= 0.6 is 0 Å². The molecule has 0 unspecified atom stereocenters. The van der Waals surface area contributed by atoms with Crippen LogP contribution in [0, 0.1) is 6.92 Å². The summed E-state index contributed by atoms with van der Waals surface area (Å²) in [6.45, 7) is 1.86. The van der Waals surface area contributed by atoms with Crippen LogP contribution in [0.2, 0.25) is 0 Å². The molecule has 140 valence electrons. The maximum absolute atomic E-state index is 12.8. The summed E-state index contributed by atoms with van der Waals surface area (Å²) in [4.78, 5) is 17.0. The third-order valence-electron chi connectivity index (χ3n) is 4.34. The number of hydrogen-bond acceptors (Lipinski definition) is 5. The molecule has 2 aromatic carbocycles. The molecular formula is C22H18N2O4. The van der Waals surface area contributed by atoms with E-state index in [0.29, 0.717) is 17.0 Å². The molecule has 0 saturated carbocycles. The number of furan rings is 1. The van der Waals surface area contributed by atoms with Gasteiger partial charge < -0.3 is 19.2 Å². The number of aryl methyl sites for hydroxylation is 1. The number of rotatable bonds is 5. The number of carbonyl (C=O) groups is 1. The molecule has 2 heterocycles. The van der Waals surface area contributed by atoms with Crippen LogP contribution in [-0.2, 0) is 0 Å². The van der Waals surface area contributed by atoms with Crippen LogP contribution in [0.1, 0.15) is 16.1 Å². The molecule has 2 aromatic heterocycles. The topological polar surface area (TPSA) is 73.6 Å². The van der Waals surface area contributed by atoms with Gasteiger partial charge in [0.1, 0.15) is 22.8 Å². The maximum atomic E-state index is 12.8. The fourth-order valence-electron chi connectivity index (χ4n) is 2.89. The molecule has 0 atom stereocenters. The first kappa shape index (κ1) is 17.6. The summed E-state index contributed by atoms with van der Waals surface area (Å²) >= 11 is 0. The highest BCUT2D eigenvalue weighted by Crippen LogP contribution is 2.30. The number of para-hydroxylation sites is 1. The van der Waals surface area contributed by atoms with Crippen molar-refractivity contribution in [3.05, 3.63) is 78.2 Å². The highest BCUT2D eigenvalue weighted by molar-refractivity contribution is 6.06. The van der Waals surface area contributed by atoms with Crippen molar-refractivity contribution < 1.29 is 18.7 Å². The zero-order chi connectivity index (χ0) is 19.5. The number of carbonyl (C=O) groups excluding carboxylic acids is 1. The predicted molar refractivity (Wildman–Crippen MR) is 106 cm³/mol. The number of ether oxygens (including phenoxy) is 2. The van der Waals surface area contributed by atoms with E-state index in [-0.39, 0.29) is 17.5 Å². The molecule has 28 heavy (non-hydrogen) atoms. The van der Waals surface area contributed by atoms with Gasteiger partial charge >= 0.3 is 0 Å². The zero-order valence-corrected chi connectivity index (χ0v) is 15.4. The number of fused-ring (bicyclic) bond motifs is 1. The lowest BCUT2D eigenvalue weighted by Crippen LogP contribution is -2.13. The highest BCUT2D eigenvalue weighted by Gasteiger charge is 2.19. The van der Waals surface area contributed by atoms with Crippen LogP contribution in [0.15, 0.2) is 71.3 Å². The smallest absolute Gasteiger partial charge is 0.291 e. The fourth-order valence-corrected chi connectivity index (χ4v) is 2.89. The molecule has 0 radical (unpaired) electrons. The Morgan fingerprint density at radius 3 is 2.50 bits per heavy atom.